The average molecular weight is 589 g/mol. The van der Waals surface area contributed by atoms with Crippen LogP contribution < -0.4 is 10.6 Å². The zero-order chi connectivity index (χ0) is 29.7. The van der Waals surface area contributed by atoms with Gasteiger partial charge in [-0.05, 0) is 19.3 Å². The third-order valence-electron chi connectivity index (χ3n) is 6.96. The van der Waals surface area contributed by atoms with Crippen molar-refractivity contribution in [2.24, 2.45) is 0 Å². The number of imide groups is 1. The van der Waals surface area contributed by atoms with Crippen LogP contribution in [-0.2, 0) is 28.0 Å². The Bertz CT molecular complexity index is 675. The summed E-state index contributed by atoms with van der Waals surface area (Å²) < 4.78 is 23.8. The van der Waals surface area contributed by atoms with E-state index in [0.29, 0.717) is 19.8 Å². The van der Waals surface area contributed by atoms with Gasteiger partial charge < -0.3 is 14.4 Å². The second-order valence-electron chi connectivity index (χ2n) is 10.9. The molecule has 0 spiro atoms. The monoisotopic (exact) mass is 588 g/mol. The molecule has 40 heavy (non-hydrogen) atoms. The van der Waals surface area contributed by atoms with E-state index >= 15 is 0 Å². The smallest absolute Gasteiger partial charge is 0.331 e. The molecule has 0 aliphatic heterocycles. The average Bonchev–Trinajstić information content (AvgIpc) is 2.94. The van der Waals surface area contributed by atoms with Crippen molar-refractivity contribution in [3.8, 4) is 0 Å². The Hall–Kier alpha value is -1.24. The second-order valence-corrected chi connectivity index (χ2v) is 13.1. The van der Waals surface area contributed by atoms with Gasteiger partial charge in [-0.25, -0.2) is 0 Å². The summed E-state index contributed by atoms with van der Waals surface area (Å²) in [5.74, 6) is -2.48. The molecule has 2 N–H and O–H groups in total. The Morgan fingerprint density at radius 3 is 1.38 bits per heavy atom. The van der Waals surface area contributed by atoms with Crippen molar-refractivity contribution < 1.29 is 28.0 Å². The van der Waals surface area contributed by atoms with E-state index in [4.69, 9.17) is 9.05 Å². The molecular formula is C31H61N2O6P. The molecule has 0 aromatic heterocycles. The SMILES string of the molecule is CCCCCCCCCCCCCCCCCCNC(=O)C(=O)NC(=O)CCP(=O)(OCCCC)OCCCC. The van der Waals surface area contributed by atoms with Gasteiger partial charge in [-0.1, -0.05) is 130 Å². The Morgan fingerprint density at radius 2 is 0.950 bits per heavy atom. The lowest BCUT2D eigenvalue weighted by molar-refractivity contribution is -0.142. The first-order chi connectivity index (χ1) is 19.4. The molecule has 0 heterocycles. The normalized spacial score (nSPS) is 11.5. The van der Waals surface area contributed by atoms with Crippen LogP contribution in [0.1, 0.15) is 156 Å². The summed E-state index contributed by atoms with van der Waals surface area (Å²) in [4.78, 5) is 36.2. The highest BCUT2D eigenvalue weighted by atomic mass is 31.2. The van der Waals surface area contributed by atoms with E-state index in [2.05, 4.69) is 17.6 Å². The van der Waals surface area contributed by atoms with Crippen molar-refractivity contribution in [2.45, 2.75) is 156 Å². The number of carbonyl (C=O) groups is 3. The van der Waals surface area contributed by atoms with Crippen molar-refractivity contribution >= 4 is 25.3 Å². The summed E-state index contributed by atoms with van der Waals surface area (Å²) in [6, 6.07) is 0. The largest absolute Gasteiger partial charge is 0.348 e. The Morgan fingerprint density at radius 1 is 0.550 bits per heavy atom. The quantitative estimate of drug-likeness (QED) is 0.0541. The van der Waals surface area contributed by atoms with Crippen molar-refractivity contribution in [1.29, 1.82) is 0 Å². The number of rotatable bonds is 28. The lowest BCUT2D eigenvalue weighted by Gasteiger charge is -2.18. The molecule has 0 bridgehead atoms. The van der Waals surface area contributed by atoms with E-state index in [1.165, 1.54) is 83.5 Å². The second kappa shape index (κ2) is 27.9. The van der Waals surface area contributed by atoms with E-state index in [-0.39, 0.29) is 12.6 Å². The molecule has 0 fully saturated rings. The molecule has 0 radical (unpaired) electrons. The molecule has 0 aromatic carbocycles. The van der Waals surface area contributed by atoms with Crippen LogP contribution in [0.15, 0.2) is 0 Å². The van der Waals surface area contributed by atoms with Gasteiger partial charge in [0.2, 0.25) is 5.91 Å². The number of nitrogens with one attached hydrogen (secondary N) is 2. The molecule has 9 heteroatoms. The molecule has 8 nitrogen and oxygen atoms in total. The topological polar surface area (TPSA) is 111 Å². The van der Waals surface area contributed by atoms with Gasteiger partial charge in [0.05, 0.1) is 19.4 Å². The van der Waals surface area contributed by atoms with E-state index in [1.54, 1.807) is 0 Å². The summed E-state index contributed by atoms with van der Waals surface area (Å²) in [6.07, 6.45) is 23.3. The maximum Gasteiger partial charge on any atom is 0.331 e. The first-order valence-electron chi connectivity index (χ1n) is 16.4. The first kappa shape index (κ1) is 38.8. The highest BCUT2D eigenvalue weighted by Crippen LogP contribution is 2.49. The van der Waals surface area contributed by atoms with Crippen LogP contribution in [-0.4, -0.2) is 43.6 Å². The minimum atomic E-state index is -3.42. The summed E-state index contributed by atoms with van der Waals surface area (Å²) in [5.41, 5.74) is 0. The summed E-state index contributed by atoms with van der Waals surface area (Å²) in [5, 5.41) is 4.64. The summed E-state index contributed by atoms with van der Waals surface area (Å²) in [6.45, 7) is 7.25. The molecule has 0 aliphatic rings. The van der Waals surface area contributed by atoms with Gasteiger partial charge in [0.25, 0.3) is 0 Å². The first-order valence-corrected chi connectivity index (χ1v) is 18.1. The van der Waals surface area contributed by atoms with Crippen molar-refractivity contribution in [1.82, 2.24) is 10.6 Å². The molecule has 0 saturated heterocycles. The van der Waals surface area contributed by atoms with Crippen LogP contribution in [0.4, 0.5) is 0 Å². The zero-order valence-corrected chi connectivity index (χ0v) is 27.0. The fourth-order valence-electron chi connectivity index (χ4n) is 4.30. The minimum Gasteiger partial charge on any atom is -0.348 e. The predicted molar refractivity (Wildman–Crippen MR) is 165 cm³/mol. The Kier molecular flexibility index (Phi) is 27.0. The van der Waals surface area contributed by atoms with Crippen molar-refractivity contribution in [2.75, 3.05) is 25.9 Å². The third-order valence-corrected chi connectivity index (χ3v) is 8.88. The maximum absolute atomic E-state index is 12.9. The molecule has 0 aliphatic carbocycles. The van der Waals surface area contributed by atoms with Gasteiger partial charge in [0.1, 0.15) is 0 Å². The number of unbranched alkanes of at least 4 members (excludes halogenated alkanes) is 17. The van der Waals surface area contributed by atoms with E-state index in [9.17, 15) is 18.9 Å². The van der Waals surface area contributed by atoms with Crippen molar-refractivity contribution in [3.63, 3.8) is 0 Å². The van der Waals surface area contributed by atoms with Crippen LogP contribution in [0.3, 0.4) is 0 Å². The zero-order valence-electron chi connectivity index (χ0n) is 26.1. The van der Waals surface area contributed by atoms with Crippen LogP contribution >= 0.6 is 7.60 Å². The maximum atomic E-state index is 12.9. The van der Waals surface area contributed by atoms with Crippen LogP contribution in [0.5, 0.6) is 0 Å². The predicted octanol–water partition coefficient (Wildman–Crippen LogP) is 8.22. The lowest BCUT2D eigenvalue weighted by Crippen LogP contribution is -2.43. The third kappa shape index (κ3) is 24.5. The molecule has 0 saturated carbocycles. The number of carbonyl (C=O) groups excluding carboxylic acids is 3. The lowest BCUT2D eigenvalue weighted by atomic mass is 10.0. The standard InChI is InChI=1S/C31H61N2O6P/c1-4-7-10-11-12-13-14-15-16-17-18-19-20-21-22-23-25-32-30(35)31(36)33-29(34)24-28-40(37,38-26-8-5-2)39-27-9-6-3/h4-28H2,1-3H3,(H,32,35)(H,33,34,36). The van der Waals surface area contributed by atoms with Gasteiger partial charge in [-0.2, -0.15) is 0 Å². The highest BCUT2D eigenvalue weighted by molar-refractivity contribution is 7.53. The molecule has 236 valence electrons. The molecule has 0 rings (SSSR count). The number of hydrogen-bond acceptors (Lipinski definition) is 6. The minimum absolute atomic E-state index is 0.125. The van der Waals surface area contributed by atoms with Gasteiger partial charge in [0, 0.05) is 13.0 Å². The molecule has 3 amide bonds. The number of amides is 3. The van der Waals surface area contributed by atoms with Crippen molar-refractivity contribution in [3.05, 3.63) is 0 Å². The Balaban J connectivity index is 3.81. The highest BCUT2D eigenvalue weighted by Gasteiger charge is 2.26. The Labute approximate surface area is 245 Å². The van der Waals surface area contributed by atoms with Crippen LogP contribution in [0, 0.1) is 0 Å². The van der Waals surface area contributed by atoms with Crippen LogP contribution in [0.2, 0.25) is 0 Å². The fraction of sp³-hybridized carbons (Fsp3) is 0.903. The van der Waals surface area contributed by atoms with E-state index < -0.39 is 25.3 Å². The van der Waals surface area contributed by atoms with Gasteiger partial charge in [-0.15, -0.1) is 0 Å². The van der Waals surface area contributed by atoms with Gasteiger partial charge in [0.15, 0.2) is 0 Å². The van der Waals surface area contributed by atoms with Gasteiger partial charge >= 0.3 is 19.4 Å². The van der Waals surface area contributed by atoms with Crippen LogP contribution in [0.25, 0.3) is 0 Å². The fourth-order valence-corrected chi connectivity index (χ4v) is 5.93. The summed E-state index contributed by atoms with van der Waals surface area (Å²) >= 11 is 0. The molecule has 0 atom stereocenters. The number of hydrogen-bond donors (Lipinski definition) is 2. The summed E-state index contributed by atoms with van der Waals surface area (Å²) in [7, 11) is -3.42. The molecule has 0 unspecified atom stereocenters. The van der Waals surface area contributed by atoms with Gasteiger partial charge in [-0.3, -0.25) is 24.3 Å². The van der Waals surface area contributed by atoms with E-state index in [1.807, 2.05) is 13.8 Å². The molecular weight excluding hydrogens is 527 g/mol. The van der Waals surface area contributed by atoms with E-state index in [0.717, 1.165) is 44.9 Å². The molecule has 0 aromatic rings.